The molecule has 2 rings (SSSR count). The molecule has 0 amide bonds. The number of pyridine rings is 1. The predicted octanol–water partition coefficient (Wildman–Crippen LogP) is 1.83. The summed E-state index contributed by atoms with van der Waals surface area (Å²) in [6, 6.07) is 10.0. The van der Waals surface area contributed by atoms with E-state index in [0.29, 0.717) is 13.0 Å². The molecular formula is C16H20N2O3S. The van der Waals surface area contributed by atoms with Gasteiger partial charge in [-0.15, -0.1) is 0 Å². The Hall–Kier alpha value is -1.92. The molecule has 0 aliphatic carbocycles. The fraction of sp³-hybridized carbons (Fsp3) is 0.312. The van der Waals surface area contributed by atoms with Crippen molar-refractivity contribution in [1.82, 2.24) is 9.29 Å². The van der Waals surface area contributed by atoms with E-state index in [-0.39, 0.29) is 17.0 Å². The Morgan fingerprint density at radius 1 is 1.09 bits per heavy atom. The molecule has 1 N–H and O–H groups in total. The summed E-state index contributed by atoms with van der Waals surface area (Å²) >= 11 is 0. The second-order valence-electron chi connectivity index (χ2n) is 5.23. The third-order valence-corrected chi connectivity index (χ3v) is 5.01. The summed E-state index contributed by atoms with van der Waals surface area (Å²) in [5, 5.41) is 0. The van der Waals surface area contributed by atoms with Gasteiger partial charge in [0.25, 0.3) is 0 Å². The highest BCUT2D eigenvalue weighted by Gasteiger charge is 2.13. The Morgan fingerprint density at radius 2 is 1.86 bits per heavy atom. The number of hydrogen-bond acceptors (Lipinski definition) is 3. The van der Waals surface area contributed by atoms with Crippen molar-refractivity contribution in [2.45, 2.75) is 31.7 Å². The Morgan fingerprint density at radius 3 is 2.55 bits per heavy atom. The van der Waals surface area contributed by atoms with E-state index in [2.05, 4.69) is 4.72 Å². The first kappa shape index (κ1) is 16.5. The zero-order valence-corrected chi connectivity index (χ0v) is 13.6. The Bertz CT molecular complexity index is 810. The summed E-state index contributed by atoms with van der Waals surface area (Å²) < 4.78 is 28.5. The number of rotatable bonds is 6. The molecule has 0 unspecified atom stereocenters. The smallest absolute Gasteiger partial charge is 0.250 e. The molecule has 1 aromatic heterocycles. The van der Waals surface area contributed by atoms with Gasteiger partial charge in [0.1, 0.15) is 0 Å². The zero-order chi connectivity index (χ0) is 16.2. The van der Waals surface area contributed by atoms with Crippen LogP contribution in [0.1, 0.15) is 17.5 Å². The SMILES string of the molecule is Cc1ccc(S(=O)(=O)NCCCn2ccccc2=O)cc1C. The van der Waals surface area contributed by atoms with Crippen LogP contribution in [0.15, 0.2) is 52.3 Å². The van der Waals surface area contributed by atoms with Crippen molar-refractivity contribution in [3.8, 4) is 0 Å². The fourth-order valence-electron chi connectivity index (χ4n) is 2.07. The van der Waals surface area contributed by atoms with Crippen molar-refractivity contribution in [3.05, 3.63) is 64.1 Å². The number of benzene rings is 1. The van der Waals surface area contributed by atoms with Gasteiger partial charge in [0.05, 0.1) is 4.90 Å². The molecule has 0 aliphatic rings. The molecule has 118 valence electrons. The number of aromatic nitrogens is 1. The summed E-state index contributed by atoms with van der Waals surface area (Å²) in [5.74, 6) is 0. The third kappa shape index (κ3) is 4.05. The summed E-state index contributed by atoms with van der Waals surface area (Å²) in [7, 11) is -3.50. The molecule has 0 spiro atoms. The van der Waals surface area contributed by atoms with E-state index in [1.165, 1.54) is 6.07 Å². The van der Waals surface area contributed by atoms with Crippen LogP contribution in [0.5, 0.6) is 0 Å². The van der Waals surface area contributed by atoms with Crippen LogP contribution in [0.25, 0.3) is 0 Å². The summed E-state index contributed by atoms with van der Waals surface area (Å²) in [6.07, 6.45) is 2.24. The number of nitrogens with zero attached hydrogens (tertiary/aromatic N) is 1. The number of hydrogen-bond donors (Lipinski definition) is 1. The summed E-state index contributed by atoms with van der Waals surface area (Å²) in [6.45, 7) is 4.60. The highest BCUT2D eigenvalue weighted by molar-refractivity contribution is 7.89. The van der Waals surface area contributed by atoms with Gasteiger partial charge < -0.3 is 4.57 Å². The van der Waals surface area contributed by atoms with E-state index in [0.717, 1.165) is 11.1 Å². The minimum absolute atomic E-state index is 0.0838. The van der Waals surface area contributed by atoms with Gasteiger partial charge in [-0.1, -0.05) is 12.1 Å². The maximum atomic E-state index is 12.2. The van der Waals surface area contributed by atoms with E-state index >= 15 is 0 Å². The molecule has 0 saturated heterocycles. The Kier molecular flexibility index (Phi) is 5.15. The first-order valence-corrected chi connectivity index (χ1v) is 8.61. The van der Waals surface area contributed by atoms with Gasteiger partial charge >= 0.3 is 0 Å². The van der Waals surface area contributed by atoms with Crippen molar-refractivity contribution < 1.29 is 8.42 Å². The molecule has 1 aromatic carbocycles. The Balaban J connectivity index is 1.94. The first-order chi connectivity index (χ1) is 10.4. The van der Waals surface area contributed by atoms with Gasteiger partial charge in [0.15, 0.2) is 0 Å². The van der Waals surface area contributed by atoms with Gasteiger partial charge in [-0.05, 0) is 49.6 Å². The molecule has 0 atom stereocenters. The second kappa shape index (κ2) is 6.89. The van der Waals surface area contributed by atoms with E-state index in [1.807, 2.05) is 13.8 Å². The molecular weight excluding hydrogens is 300 g/mol. The van der Waals surface area contributed by atoms with Crippen LogP contribution >= 0.6 is 0 Å². The lowest BCUT2D eigenvalue weighted by Crippen LogP contribution is -2.27. The van der Waals surface area contributed by atoms with E-state index < -0.39 is 10.0 Å². The molecule has 0 radical (unpaired) electrons. The number of sulfonamides is 1. The molecule has 0 aliphatic heterocycles. The minimum Gasteiger partial charge on any atom is -0.315 e. The standard InChI is InChI=1S/C16H20N2O3S/c1-13-7-8-15(12-14(13)2)22(20,21)17-9-5-11-18-10-4-3-6-16(18)19/h3-4,6-8,10,12,17H,5,9,11H2,1-2H3. The maximum absolute atomic E-state index is 12.2. The van der Waals surface area contributed by atoms with E-state index in [4.69, 9.17) is 0 Å². The van der Waals surface area contributed by atoms with Crippen LogP contribution in [0.2, 0.25) is 0 Å². The fourth-order valence-corrected chi connectivity index (χ4v) is 3.22. The molecule has 2 aromatic rings. The lowest BCUT2D eigenvalue weighted by atomic mass is 10.1. The van der Waals surface area contributed by atoms with Gasteiger partial charge in [0, 0.05) is 25.4 Å². The summed E-state index contributed by atoms with van der Waals surface area (Å²) in [5.41, 5.74) is 1.92. The van der Waals surface area contributed by atoms with Crippen molar-refractivity contribution in [1.29, 1.82) is 0 Å². The highest BCUT2D eigenvalue weighted by atomic mass is 32.2. The zero-order valence-electron chi connectivity index (χ0n) is 12.7. The average Bonchev–Trinajstić information content (AvgIpc) is 2.48. The molecule has 1 heterocycles. The highest BCUT2D eigenvalue weighted by Crippen LogP contribution is 2.14. The van der Waals surface area contributed by atoms with Crippen LogP contribution in [-0.2, 0) is 16.6 Å². The largest absolute Gasteiger partial charge is 0.315 e. The average molecular weight is 320 g/mol. The molecule has 0 bridgehead atoms. The molecule has 6 heteroatoms. The third-order valence-electron chi connectivity index (χ3n) is 3.56. The molecule has 5 nitrogen and oxygen atoms in total. The maximum Gasteiger partial charge on any atom is 0.250 e. The van der Waals surface area contributed by atoms with Crippen molar-refractivity contribution >= 4 is 10.0 Å². The topological polar surface area (TPSA) is 68.2 Å². The van der Waals surface area contributed by atoms with Crippen LogP contribution in [-0.4, -0.2) is 19.5 Å². The van der Waals surface area contributed by atoms with Gasteiger partial charge in [0.2, 0.25) is 15.6 Å². The van der Waals surface area contributed by atoms with Crippen molar-refractivity contribution in [2.24, 2.45) is 0 Å². The van der Waals surface area contributed by atoms with Gasteiger partial charge in [-0.3, -0.25) is 4.79 Å². The number of aryl methyl sites for hydroxylation is 3. The van der Waals surface area contributed by atoms with Crippen LogP contribution in [0.3, 0.4) is 0 Å². The van der Waals surface area contributed by atoms with E-state index in [1.54, 1.807) is 41.1 Å². The van der Waals surface area contributed by atoms with Crippen LogP contribution in [0.4, 0.5) is 0 Å². The van der Waals surface area contributed by atoms with Crippen molar-refractivity contribution in [2.75, 3.05) is 6.54 Å². The monoisotopic (exact) mass is 320 g/mol. The Labute approximate surface area is 130 Å². The van der Waals surface area contributed by atoms with Crippen LogP contribution in [0, 0.1) is 13.8 Å². The molecule has 22 heavy (non-hydrogen) atoms. The number of nitrogens with one attached hydrogen (secondary N) is 1. The van der Waals surface area contributed by atoms with Crippen LogP contribution < -0.4 is 10.3 Å². The quantitative estimate of drug-likeness (QED) is 0.826. The molecule has 0 saturated carbocycles. The summed E-state index contributed by atoms with van der Waals surface area (Å²) in [4.78, 5) is 11.8. The first-order valence-electron chi connectivity index (χ1n) is 7.12. The lowest BCUT2D eigenvalue weighted by Gasteiger charge is -2.09. The van der Waals surface area contributed by atoms with Gasteiger partial charge in [-0.2, -0.15) is 0 Å². The van der Waals surface area contributed by atoms with E-state index in [9.17, 15) is 13.2 Å². The lowest BCUT2D eigenvalue weighted by molar-refractivity contribution is 0.566. The molecule has 0 fully saturated rings. The van der Waals surface area contributed by atoms with Crippen molar-refractivity contribution in [3.63, 3.8) is 0 Å². The van der Waals surface area contributed by atoms with Gasteiger partial charge in [-0.25, -0.2) is 13.1 Å². The predicted molar refractivity (Wildman–Crippen MR) is 86.4 cm³/mol. The second-order valence-corrected chi connectivity index (χ2v) is 7.00. The normalized spacial score (nSPS) is 11.5. The minimum atomic E-state index is -3.50.